The third kappa shape index (κ3) is 1.99. The first-order valence-electron chi connectivity index (χ1n) is 9.27. The molecule has 1 aromatic heterocycles. The van der Waals surface area contributed by atoms with Crippen LogP contribution in [0.3, 0.4) is 0 Å². The summed E-state index contributed by atoms with van der Waals surface area (Å²) in [6.45, 7) is 4.61. The molecule has 0 amide bonds. The molecular formula is C22H24N2. The first-order chi connectivity index (χ1) is 11.9. The van der Waals surface area contributed by atoms with Gasteiger partial charge in [-0.1, -0.05) is 49.7 Å². The van der Waals surface area contributed by atoms with E-state index in [0.717, 1.165) is 6.54 Å². The van der Waals surface area contributed by atoms with Crippen LogP contribution < -0.4 is 0 Å². The average Bonchev–Trinajstić information content (AvgIpc) is 3.04. The van der Waals surface area contributed by atoms with Crippen molar-refractivity contribution in [1.29, 1.82) is 0 Å². The predicted octanol–water partition coefficient (Wildman–Crippen LogP) is 4.84. The van der Waals surface area contributed by atoms with Crippen molar-refractivity contribution in [2.75, 3.05) is 6.54 Å². The van der Waals surface area contributed by atoms with Crippen LogP contribution in [0.2, 0.25) is 0 Å². The zero-order chi connectivity index (χ0) is 16.1. The van der Waals surface area contributed by atoms with Gasteiger partial charge in [-0.3, -0.25) is 4.90 Å². The van der Waals surface area contributed by atoms with E-state index in [1.54, 1.807) is 5.56 Å². The SMILES string of the molecule is CCCCN1Cc2ccccc2[C@H]2c3cccc4[nH]cc(c34)C[C@H]21. The van der Waals surface area contributed by atoms with Gasteiger partial charge in [-0.2, -0.15) is 0 Å². The van der Waals surface area contributed by atoms with E-state index in [1.165, 1.54) is 53.4 Å². The molecule has 1 aliphatic carbocycles. The maximum Gasteiger partial charge on any atom is 0.0459 e. The van der Waals surface area contributed by atoms with Crippen molar-refractivity contribution >= 4 is 10.9 Å². The predicted molar refractivity (Wildman–Crippen MR) is 99.4 cm³/mol. The number of aromatic nitrogens is 1. The Kier molecular flexibility index (Phi) is 3.27. The van der Waals surface area contributed by atoms with Gasteiger partial charge in [-0.15, -0.1) is 0 Å². The van der Waals surface area contributed by atoms with E-state index >= 15 is 0 Å². The lowest BCUT2D eigenvalue weighted by Crippen LogP contribution is -2.46. The van der Waals surface area contributed by atoms with Crippen molar-refractivity contribution in [3.63, 3.8) is 0 Å². The van der Waals surface area contributed by atoms with Gasteiger partial charge in [0.05, 0.1) is 0 Å². The molecule has 2 aromatic carbocycles. The van der Waals surface area contributed by atoms with E-state index in [0.29, 0.717) is 12.0 Å². The second-order valence-corrected chi connectivity index (χ2v) is 7.36. The Morgan fingerprint density at radius 1 is 1.04 bits per heavy atom. The van der Waals surface area contributed by atoms with E-state index in [9.17, 15) is 0 Å². The van der Waals surface area contributed by atoms with Crippen LogP contribution in [-0.4, -0.2) is 22.5 Å². The number of H-pyrrole nitrogens is 1. The number of aromatic amines is 1. The topological polar surface area (TPSA) is 19.0 Å². The third-order valence-corrected chi connectivity index (χ3v) is 6.00. The highest BCUT2D eigenvalue weighted by molar-refractivity contribution is 5.89. The zero-order valence-corrected chi connectivity index (χ0v) is 14.3. The lowest BCUT2D eigenvalue weighted by atomic mass is 9.72. The largest absolute Gasteiger partial charge is 0.361 e. The maximum atomic E-state index is 3.49. The molecular weight excluding hydrogens is 292 g/mol. The second kappa shape index (κ2) is 5.49. The summed E-state index contributed by atoms with van der Waals surface area (Å²) in [4.78, 5) is 6.23. The van der Waals surface area contributed by atoms with E-state index in [1.807, 2.05) is 0 Å². The molecule has 122 valence electrons. The van der Waals surface area contributed by atoms with Gasteiger partial charge in [-0.05, 0) is 47.7 Å². The van der Waals surface area contributed by atoms with Crippen molar-refractivity contribution in [1.82, 2.24) is 9.88 Å². The normalized spacial score (nSPS) is 22.4. The molecule has 2 heteroatoms. The van der Waals surface area contributed by atoms with Crippen molar-refractivity contribution in [3.05, 3.63) is 70.9 Å². The highest BCUT2D eigenvalue weighted by atomic mass is 15.2. The number of unbranched alkanes of at least 4 members (excludes halogenated alkanes) is 1. The van der Waals surface area contributed by atoms with E-state index in [4.69, 9.17) is 0 Å². The third-order valence-electron chi connectivity index (χ3n) is 6.00. The highest BCUT2D eigenvalue weighted by Crippen LogP contribution is 2.46. The number of hydrogen-bond acceptors (Lipinski definition) is 1. The number of nitrogens with one attached hydrogen (secondary N) is 1. The fourth-order valence-corrected chi connectivity index (χ4v) is 4.89. The van der Waals surface area contributed by atoms with Crippen LogP contribution in [0.25, 0.3) is 10.9 Å². The van der Waals surface area contributed by atoms with Gasteiger partial charge in [0.15, 0.2) is 0 Å². The number of hydrogen-bond donors (Lipinski definition) is 1. The van der Waals surface area contributed by atoms with Crippen molar-refractivity contribution in [2.24, 2.45) is 0 Å². The fourth-order valence-electron chi connectivity index (χ4n) is 4.89. The van der Waals surface area contributed by atoms with Crippen molar-refractivity contribution in [2.45, 2.75) is 44.7 Å². The van der Waals surface area contributed by atoms with Gasteiger partial charge in [0, 0.05) is 35.6 Å². The summed E-state index contributed by atoms with van der Waals surface area (Å²) in [5, 5.41) is 1.48. The van der Waals surface area contributed by atoms with Gasteiger partial charge in [0.2, 0.25) is 0 Å². The summed E-state index contributed by atoms with van der Waals surface area (Å²) in [5.41, 5.74) is 7.39. The molecule has 2 nitrogen and oxygen atoms in total. The molecule has 0 bridgehead atoms. The Bertz CT molecular complexity index is 892. The number of fused-ring (bicyclic) bond motifs is 4. The molecule has 24 heavy (non-hydrogen) atoms. The minimum absolute atomic E-state index is 0.513. The van der Waals surface area contributed by atoms with Crippen LogP contribution in [0.1, 0.15) is 47.9 Å². The van der Waals surface area contributed by atoms with Crippen LogP contribution in [-0.2, 0) is 13.0 Å². The Morgan fingerprint density at radius 2 is 1.92 bits per heavy atom. The van der Waals surface area contributed by atoms with Crippen LogP contribution in [0.4, 0.5) is 0 Å². The van der Waals surface area contributed by atoms with Gasteiger partial charge >= 0.3 is 0 Å². The average molecular weight is 316 g/mol. The van der Waals surface area contributed by atoms with Gasteiger partial charge in [0.1, 0.15) is 0 Å². The first-order valence-corrected chi connectivity index (χ1v) is 9.27. The van der Waals surface area contributed by atoms with Gasteiger partial charge in [0.25, 0.3) is 0 Å². The summed E-state index contributed by atoms with van der Waals surface area (Å²) in [5.74, 6) is 0.513. The molecule has 0 saturated carbocycles. The maximum absolute atomic E-state index is 3.49. The first kappa shape index (κ1) is 14.3. The zero-order valence-electron chi connectivity index (χ0n) is 14.3. The summed E-state index contributed by atoms with van der Waals surface area (Å²) in [6.07, 6.45) is 5.96. The molecule has 2 heterocycles. The minimum Gasteiger partial charge on any atom is -0.361 e. The van der Waals surface area contributed by atoms with Crippen LogP contribution >= 0.6 is 0 Å². The molecule has 0 unspecified atom stereocenters. The Labute approximate surface area is 143 Å². The Balaban J connectivity index is 1.70. The summed E-state index contributed by atoms with van der Waals surface area (Å²) >= 11 is 0. The number of rotatable bonds is 3. The van der Waals surface area contributed by atoms with Crippen LogP contribution in [0, 0.1) is 0 Å². The number of nitrogens with zero attached hydrogens (tertiary/aromatic N) is 1. The van der Waals surface area contributed by atoms with Crippen LogP contribution in [0.15, 0.2) is 48.7 Å². The van der Waals surface area contributed by atoms with Crippen molar-refractivity contribution in [3.8, 4) is 0 Å². The summed E-state index contributed by atoms with van der Waals surface area (Å²) < 4.78 is 0. The molecule has 0 spiro atoms. The van der Waals surface area contributed by atoms with E-state index < -0.39 is 0 Å². The monoisotopic (exact) mass is 316 g/mol. The Hall–Kier alpha value is -2.06. The second-order valence-electron chi connectivity index (χ2n) is 7.36. The lowest BCUT2D eigenvalue weighted by Gasteiger charge is -2.45. The standard InChI is InChI=1S/C22H24N2/c1-2-3-11-24-14-15-7-4-5-8-17(15)22-18-9-6-10-19-21(18)16(13-23-19)12-20(22)24/h4-10,13,20,22-23H,2-3,11-12,14H2,1H3/t20-,22+/m1/s1. The lowest BCUT2D eigenvalue weighted by molar-refractivity contribution is 0.150. The molecule has 2 atom stereocenters. The number of benzene rings is 2. The summed E-state index contributed by atoms with van der Waals surface area (Å²) in [6, 6.07) is 16.5. The molecule has 0 radical (unpaired) electrons. The molecule has 1 N–H and O–H groups in total. The fraction of sp³-hybridized carbons (Fsp3) is 0.364. The molecule has 0 saturated heterocycles. The highest BCUT2D eigenvalue weighted by Gasteiger charge is 2.39. The van der Waals surface area contributed by atoms with Crippen LogP contribution in [0.5, 0.6) is 0 Å². The van der Waals surface area contributed by atoms with Gasteiger partial charge in [-0.25, -0.2) is 0 Å². The molecule has 0 fully saturated rings. The summed E-state index contributed by atoms with van der Waals surface area (Å²) in [7, 11) is 0. The molecule has 5 rings (SSSR count). The minimum atomic E-state index is 0.513. The molecule has 2 aliphatic rings. The molecule has 3 aromatic rings. The van der Waals surface area contributed by atoms with E-state index in [-0.39, 0.29) is 0 Å². The Morgan fingerprint density at radius 3 is 2.83 bits per heavy atom. The quantitative estimate of drug-likeness (QED) is 0.732. The van der Waals surface area contributed by atoms with Gasteiger partial charge < -0.3 is 4.98 Å². The van der Waals surface area contributed by atoms with Crippen molar-refractivity contribution < 1.29 is 0 Å². The molecule has 1 aliphatic heterocycles. The smallest absolute Gasteiger partial charge is 0.0459 e. The van der Waals surface area contributed by atoms with E-state index in [2.05, 4.69) is 65.5 Å².